The molecule has 0 amide bonds. The van der Waals surface area contributed by atoms with Crippen LogP contribution in [0.2, 0.25) is 0 Å². The maximum atomic E-state index is 12.6. The van der Waals surface area contributed by atoms with Crippen molar-refractivity contribution < 1.29 is 13.2 Å². The molecule has 3 rings (SSSR count). The molecule has 2 aliphatic rings. The molecule has 1 aromatic carbocycles. The van der Waals surface area contributed by atoms with Crippen molar-refractivity contribution in [3.63, 3.8) is 0 Å². The van der Waals surface area contributed by atoms with Crippen molar-refractivity contribution in [2.24, 2.45) is 11.8 Å². The van der Waals surface area contributed by atoms with Crippen LogP contribution in [0, 0.1) is 11.8 Å². The summed E-state index contributed by atoms with van der Waals surface area (Å²) in [5.74, 6) is 1.20. The topological polar surface area (TPSA) is 12.0 Å². The summed E-state index contributed by atoms with van der Waals surface area (Å²) < 4.78 is 37.7. The average Bonchev–Trinajstić information content (AvgIpc) is 2.67. The molecule has 3 atom stereocenters. The van der Waals surface area contributed by atoms with E-state index >= 15 is 0 Å². The van der Waals surface area contributed by atoms with Gasteiger partial charge in [-0.15, -0.1) is 0 Å². The van der Waals surface area contributed by atoms with Gasteiger partial charge in [0, 0.05) is 17.6 Å². The molecule has 18 heavy (non-hydrogen) atoms. The van der Waals surface area contributed by atoms with Gasteiger partial charge < -0.3 is 5.32 Å². The van der Waals surface area contributed by atoms with Gasteiger partial charge in [-0.25, -0.2) is 0 Å². The molecule has 0 spiro atoms. The highest BCUT2D eigenvalue weighted by molar-refractivity contribution is 5.48. The summed E-state index contributed by atoms with van der Waals surface area (Å²) in [7, 11) is 0. The molecule has 0 aromatic heterocycles. The normalized spacial score (nSPS) is 29.8. The van der Waals surface area contributed by atoms with Gasteiger partial charge in [-0.3, -0.25) is 0 Å². The molecule has 1 saturated carbocycles. The zero-order chi connectivity index (χ0) is 12.8. The molecule has 96 valence electrons. The van der Waals surface area contributed by atoms with Crippen LogP contribution in [0.15, 0.2) is 36.4 Å². The molecule has 0 aliphatic heterocycles. The van der Waals surface area contributed by atoms with E-state index in [9.17, 15) is 13.2 Å². The Labute approximate surface area is 104 Å². The molecule has 1 aromatic rings. The number of fused-ring (bicyclic) bond motifs is 1. The first-order chi connectivity index (χ1) is 8.54. The first-order valence-corrected chi connectivity index (χ1v) is 6.14. The summed E-state index contributed by atoms with van der Waals surface area (Å²) in [6, 6.07) is 5.72. The van der Waals surface area contributed by atoms with E-state index in [2.05, 4.69) is 17.5 Å². The smallest absolute Gasteiger partial charge is 0.382 e. The fourth-order valence-corrected chi connectivity index (χ4v) is 2.88. The standard InChI is InChI=1S/C14H14F3N/c15-14(16,17)10-4-2-5-11(8-10)18-13-7-9-3-1-6-12(9)13/h1-2,4-6,8-9,12-13,18H,3,7H2. The third kappa shape index (κ3) is 2.00. The van der Waals surface area contributed by atoms with Crippen molar-refractivity contribution >= 4 is 5.69 Å². The maximum absolute atomic E-state index is 12.6. The number of benzene rings is 1. The Morgan fingerprint density at radius 3 is 2.78 bits per heavy atom. The highest BCUT2D eigenvalue weighted by Crippen LogP contribution is 2.44. The third-order valence-corrected chi connectivity index (χ3v) is 3.90. The second-order valence-corrected chi connectivity index (χ2v) is 5.07. The minimum atomic E-state index is -4.27. The van der Waals surface area contributed by atoms with Crippen molar-refractivity contribution in [1.82, 2.24) is 0 Å². The predicted octanol–water partition coefficient (Wildman–Crippen LogP) is 4.08. The summed E-state index contributed by atoms with van der Waals surface area (Å²) >= 11 is 0. The molecule has 2 aliphatic carbocycles. The van der Waals surface area contributed by atoms with Crippen LogP contribution < -0.4 is 5.32 Å². The molecule has 0 heterocycles. The second-order valence-electron chi connectivity index (χ2n) is 5.07. The summed E-state index contributed by atoms with van der Waals surface area (Å²) in [6.45, 7) is 0. The first kappa shape index (κ1) is 11.6. The number of halogens is 3. The van der Waals surface area contributed by atoms with Gasteiger partial charge in [0.05, 0.1) is 5.56 Å². The Balaban J connectivity index is 1.72. The van der Waals surface area contributed by atoms with E-state index < -0.39 is 11.7 Å². The molecular weight excluding hydrogens is 239 g/mol. The Kier molecular flexibility index (Phi) is 2.61. The van der Waals surface area contributed by atoms with Crippen molar-refractivity contribution in [3.8, 4) is 0 Å². The largest absolute Gasteiger partial charge is 0.416 e. The van der Waals surface area contributed by atoms with Crippen molar-refractivity contribution in [2.45, 2.75) is 25.1 Å². The number of nitrogens with one attached hydrogen (secondary N) is 1. The number of anilines is 1. The maximum Gasteiger partial charge on any atom is 0.416 e. The van der Waals surface area contributed by atoms with Crippen LogP contribution in [0.5, 0.6) is 0 Å². The Hall–Kier alpha value is -1.45. The van der Waals surface area contributed by atoms with Gasteiger partial charge in [0.15, 0.2) is 0 Å². The molecule has 1 nitrogen and oxygen atoms in total. The quantitative estimate of drug-likeness (QED) is 0.783. The lowest BCUT2D eigenvalue weighted by atomic mass is 9.71. The summed E-state index contributed by atoms with van der Waals surface area (Å²) in [6.07, 6.45) is 2.25. The lowest BCUT2D eigenvalue weighted by Crippen LogP contribution is -2.43. The summed E-state index contributed by atoms with van der Waals surface area (Å²) in [5.41, 5.74) is -0.0288. The molecule has 0 radical (unpaired) electrons. The van der Waals surface area contributed by atoms with E-state index in [1.54, 1.807) is 6.07 Å². The van der Waals surface area contributed by atoms with Gasteiger partial charge >= 0.3 is 6.18 Å². The monoisotopic (exact) mass is 253 g/mol. The summed E-state index contributed by atoms with van der Waals surface area (Å²) in [4.78, 5) is 0. The minimum absolute atomic E-state index is 0.289. The fraction of sp³-hybridized carbons (Fsp3) is 0.429. The number of hydrogen-bond donors (Lipinski definition) is 1. The average molecular weight is 253 g/mol. The molecule has 0 bridgehead atoms. The van der Waals surface area contributed by atoms with Crippen LogP contribution in [0.4, 0.5) is 18.9 Å². The summed E-state index contributed by atoms with van der Waals surface area (Å²) in [5, 5.41) is 3.21. The second kappa shape index (κ2) is 4.04. The Morgan fingerprint density at radius 2 is 2.06 bits per heavy atom. The van der Waals surface area contributed by atoms with E-state index in [1.807, 2.05) is 0 Å². The van der Waals surface area contributed by atoms with Gasteiger partial charge in [0.1, 0.15) is 0 Å². The molecular formula is C14H14F3N. The number of alkyl halides is 3. The van der Waals surface area contributed by atoms with E-state index in [0.29, 0.717) is 17.5 Å². The lowest BCUT2D eigenvalue weighted by Gasteiger charge is -2.41. The number of allylic oxidation sites excluding steroid dienone is 1. The number of hydrogen-bond acceptors (Lipinski definition) is 1. The lowest BCUT2D eigenvalue weighted by molar-refractivity contribution is -0.137. The first-order valence-electron chi connectivity index (χ1n) is 6.14. The van der Waals surface area contributed by atoms with Crippen LogP contribution in [0.25, 0.3) is 0 Å². The third-order valence-electron chi connectivity index (χ3n) is 3.90. The molecule has 1 fully saturated rings. The van der Waals surface area contributed by atoms with Gasteiger partial charge in [0.2, 0.25) is 0 Å². The Morgan fingerprint density at radius 1 is 1.22 bits per heavy atom. The van der Waals surface area contributed by atoms with Crippen molar-refractivity contribution in [2.75, 3.05) is 5.32 Å². The van der Waals surface area contributed by atoms with E-state index in [0.717, 1.165) is 18.9 Å². The molecule has 4 heteroatoms. The molecule has 1 N–H and O–H groups in total. The Bertz CT molecular complexity index is 478. The van der Waals surface area contributed by atoms with Crippen LogP contribution in [-0.4, -0.2) is 6.04 Å². The van der Waals surface area contributed by atoms with Crippen LogP contribution in [0.1, 0.15) is 18.4 Å². The van der Waals surface area contributed by atoms with E-state index in [-0.39, 0.29) is 6.04 Å². The minimum Gasteiger partial charge on any atom is -0.382 e. The van der Waals surface area contributed by atoms with Gasteiger partial charge in [0.25, 0.3) is 0 Å². The van der Waals surface area contributed by atoms with Crippen LogP contribution in [0.3, 0.4) is 0 Å². The molecule has 0 saturated heterocycles. The van der Waals surface area contributed by atoms with Crippen molar-refractivity contribution in [1.29, 1.82) is 0 Å². The fourth-order valence-electron chi connectivity index (χ4n) is 2.88. The predicted molar refractivity (Wildman–Crippen MR) is 64.2 cm³/mol. The number of rotatable bonds is 2. The van der Waals surface area contributed by atoms with E-state index in [4.69, 9.17) is 0 Å². The SMILES string of the molecule is FC(F)(F)c1cccc(NC2CC3CC=CC32)c1. The zero-order valence-electron chi connectivity index (χ0n) is 9.74. The van der Waals surface area contributed by atoms with Gasteiger partial charge in [-0.05, 0) is 37.0 Å². The van der Waals surface area contributed by atoms with Gasteiger partial charge in [-0.1, -0.05) is 18.2 Å². The van der Waals surface area contributed by atoms with Crippen molar-refractivity contribution in [3.05, 3.63) is 42.0 Å². The van der Waals surface area contributed by atoms with Crippen LogP contribution >= 0.6 is 0 Å². The zero-order valence-corrected chi connectivity index (χ0v) is 9.74. The highest BCUT2D eigenvalue weighted by Gasteiger charge is 2.41. The highest BCUT2D eigenvalue weighted by atomic mass is 19.4. The van der Waals surface area contributed by atoms with Crippen LogP contribution in [-0.2, 0) is 6.18 Å². The van der Waals surface area contributed by atoms with E-state index in [1.165, 1.54) is 12.1 Å². The van der Waals surface area contributed by atoms with Gasteiger partial charge in [-0.2, -0.15) is 13.2 Å². The molecule has 3 unspecified atom stereocenters.